The molecule has 0 aromatic heterocycles. The maximum Gasteiger partial charge on any atom is 0.303 e. The normalized spacial score (nSPS) is 35.8. The van der Waals surface area contributed by atoms with Gasteiger partial charge in [-0.15, -0.1) is 0 Å². The molecule has 0 aromatic carbocycles. The van der Waals surface area contributed by atoms with Crippen molar-refractivity contribution in [3.05, 3.63) is 0 Å². The second kappa shape index (κ2) is 4.38. The summed E-state index contributed by atoms with van der Waals surface area (Å²) in [5, 5.41) is 0. The van der Waals surface area contributed by atoms with Gasteiger partial charge in [-0.25, -0.2) is 0 Å². The van der Waals surface area contributed by atoms with Crippen molar-refractivity contribution in [1.29, 1.82) is 0 Å². The van der Waals surface area contributed by atoms with Crippen LogP contribution in [0.25, 0.3) is 0 Å². The summed E-state index contributed by atoms with van der Waals surface area (Å²) in [7, 11) is 0. The van der Waals surface area contributed by atoms with Gasteiger partial charge in [-0.05, 0) is 13.3 Å². The van der Waals surface area contributed by atoms with Gasteiger partial charge in [-0.1, -0.05) is 0 Å². The summed E-state index contributed by atoms with van der Waals surface area (Å²) < 4.78 is 16.5. The molecular weight excluding hydrogens is 224 g/mol. The number of hydrogen-bond acceptors (Lipinski definition) is 5. The fraction of sp³-hybridized carbons (Fsp3) is 0.833. The Morgan fingerprint density at radius 1 is 1.35 bits per heavy atom. The van der Waals surface area contributed by atoms with Crippen molar-refractivity contribution in [2.75, 3.05) is 13.2 Å². The fourth-order valence-electron chi connectivity index (χ4n) is 2.68. The summed E-state index contributed by atoms with van der Waals surface area (Å²) in [6.45, 7) is 4.29. The number of carbonyl (C=O) groups excluding carboxylic acids is 2. The highest BCUT2D eigenvalue weighted by Crippen LogP contribution is 2.44. The molecule has 1 spiro atoms. The Labute approximate surface area is 100 Å². The van der Waals surface area contributed by atoms with Crippen molar-refractivity contribution in [2.24, 2.45) is 5.92 Å². The van der Waals surface area contributed by atoms with E-state index in [-0.39, 0.29) is 11.9 Å². The SMILES string of the molecule is CC(=O)OC1(C)CCC2(CC1C=O)OCCO2. The molecule has 2 unspecified atom stereocenters. The predicted octanol–water partition coefficient (Wildman–Crippen LogP) is 1.05. The van der Waals surface area contributed by atoms with E-state index >= 15 is 0 Å². The van der Waals surface area contributed by atoms with Crippen molar-refractivity contribution in [1.82, 2.24) is 0 Å². The number of hydrogen-bond donors (Lipinski definition) is 0. The van der Waals surface area contributed by atoms with Crippen LogP contribution < -0.4 is 0 Å². The van der Waals surface area contributed by atoms with E-state index in [0.29, 0.717) is 32.5 Å². The standard InChI is InChI=1S/C12H18O5/c1-9(14)17-11(2)3-4-12(7-10(11)8-13)15-5-6-16-12/h8,10H,3-7H2,1-2H3. The lowest BCUT2D eigenvalue weighted by Crippen LogP contribution is -2.51. The summed E-state index contributed by atoms with van der Waals surface area (Å²) in [5.74, 6) is -1.37. The molecule has 0 bridgehead atoms. The average Bonchev–Trinajstić information content (AvgIpc) is 2.70. The zero-order chi connectivity index (χ0) is 12.5. The average molecular weight is 242 g/mol. The van der Waals surface area contributed by atoms with E-state index in [1.807, 2.05) is 0 Å². The zero-order valence-corrected chi connectivity index (χ0v) is 10.2. The number of aldehydes is 1. The van der Waals surface area contributed by atoms with Gasteiger partial charge in [-0.3, -0.25) is 4.79 Å². The van der Waals surface area contributed by atoms with Crippen LogP contribution in [0.2, 0.25) is 0 Å². The van der Waals surface area contributed by atoms with E-state index in [2.05, 4.69) is 0 Å². The highest BCUT2D eigenvalue weighted by atomic mass is 16.7. The van der Waals surface area contributed by atoms with Crippen LogP contribution in [0.5, 0.6) is 0 Å². The molecule has 2 atom stereocenters. The molecule has 1 heterocycles. The van der Waals surface area contributed by atoms with Gasteiger partial charge < -0.3 is 19.0 Å². The first-order valence-corrected chi connectivity index (χ1v) is 5.92. The van der Waals surface area contributed by atoms with Crippen molar-refractivity contribution in [2.45, 2.75) is 44.5 Å². The smallest absolute Gasteiger partial charge is 0.303 e. The summed E-state index contributed by atoms with van der Waals surface area (Å²) in [5.41, 5.74) is -0.728. The van der Waals surface area contributed by atoms with Gasteiger partial charge in [0.1, 0.15) is 11.9 Å². The van der Waals surface area contributed by atoms with E-state index in [1.54, 1.807) is 6.92 Å². The van der Waals surface area contributed by atoms with Crippen LogP contribution in [0.4, 0.5) is 0 Å². The Hall–Kier alpha value is -0.940. The Morgan fingerprint density at radius 2 is 2.00 bits per heavy atom. The van der Waals surface area contributed by atoms with E-state index in [0.717, 1.165) is 6.29 Å². The van der Waals surface area contributed by atoms with Crippen LogP contribution in [0.15, 0.2) is 0 Å². The highest BCUT2D eigenvalue weighted by Gasteiger charge is 2.51. The van der Waals surface area contributed by atoms with Gasteiger partial charge in [0.25, 0.3) is 0 Å². The minimum Gasteiger partial charge on any atom is -0.459 e. The minimum atomic E-state index is -0.728. The Bertz CT molecular complexity index is 321. The van der Waals surface area contributed by atoms with E-state index in [9.17, 15) is 9.59 Å². The van der Waals surface area contributed by atoms with Crippen molar-refractivity contribution in [3.63, 3.8) is 0 Å². The monoisotopic (exact) mass is 242 g/mol. The number of rotatable bonds is 2. The van der Waals surface area contributed by atoms with Crippen LogP contribution >= 0.6 is 0 Å². The third-order valence-electron chi connectivity index (χ3n) is 3.67. The molecule has 2 aliphatic rings. The quantitative estimate of drug-likeness (QED) is 0.535. The van der Waals surface area contributed by atoms with Crippen LogP contribution in [-0.2, 0) is 23.8 Å². The maximum atomic E-state index is 11.2. The van der Waals surface area contributed by atoms with E-state index in [4.69, 9.17) is 14.2 Å². The topological polar surface area (TPSA) is 61.8 Å². The second-order valence-corrected chi connectivity index (χ2v) is 4.96. The first kappa shape index (κ1) is 12.5. The molecule has 5 heteroatoms. The van der Waals surface area contributed by atoms with Gasteiger partial charge in [-0.2, -0.15) is 0 Å². The molecule has 96 valence electrons. The first-order chi connectivity index (χ1) is 8.00. The molecule has 0 radical (unpaired) electrons. The maximum absolute atomic E-state index is 11.2. The van der Waals surface area contributed by atoms with Crippen molar-refractivity contribution in [3.8, 4) is 0 Å². The Morgan fingerprint density at radius 3 is 2.53 bits per heavy atom. The third-order valence-corrected chi connectivity index (χ3v) is 3.67. The third kappa shape index (κ3) is 2.35. The molecule has 1 aliphatic heterocycles. The molecule has 0 N–H and O–H groups in total. The largest absolute Gasteiger partial charge is 0.459 e. The number of ether oxygens (including phenoxy) is 3. The van der Waals surface area contributed by atoms with E-state index in [1.165, 1.54) is 6.92 Å². The van der Waals surface area contributed by atoms with Gasteiger partial charge in [0.05, 0.1) is 19.1 Å². The van der Waals surface area contributed by atoms with Crippen molar-refractivity contribution < 1.29 is 23.8 Å². The lowest BCUT2D eigenvalue weighted by atomic mass is 9.74. The first-order valence-electron chi connectivity index (χ1n) is 5.92. The highest BCUT2D eigenvalue weighted by molar-refractivity contribution is 5.67. The summed E-state index contributed by atoms with van der Waals surface area (Å²) in [6, 6.07) is 0. The molecule has 1 saturated carbocycles. The van der Waals surface area contributed by atoms with Gasteiger partial charge in [0.15, 0.2) is 5.79 Å². The second-order valence-electron chi connectivity index (χ2n) is 4.96. The van der Waals surface area contributed by atoms with Crippen LogP contribution in [0.1, 0.15) is 33.1 Å². The van der Waals surface area contributed by atoms with Gasteiger partial charge in [0.2, 0.25) is 0 Å². The van der Waals surface area contributed by atoms with Crippen molar-refractivity contribution >= 4 is 12.3 Å². The molecule has 0 amide bonds. The molecule has 1 saturated heterocycles. The lowest BCUT2D eigenvalue weighted by molar-refractivity contribution is -0.223. The molecular formula is C12H18O5. The number of carbonyl (C=O) groups is 2. The van der Waals surface area contributed by atoms with Crippen LogP contribution in [-0.4, -0.2) is 36.9 Å². The summed E-state index contributed by atoms with van der Waals surface area (Å²) in [6.07, 6.45) is 2.53. The molecule has 2 rings (SSSR count). The molecule has 5 nitrogen and oxygen atoms in total. The van der Waals surface area contributed by atoms with E-state index < -0.39 is 11.4 Å². The molecule has 0 aromatic rings. The molecule has 1 aliphatic carbocycles. The minimum absolute atomic E-state index is 0.358. The fourth-order valence-corrected chi connectivity index (χ4v) is 2.68. The predicted molar refractivity (Wildman–Crippen MR) is 58.2 cm³/mol. The molecule has 2 fully saturated rings. The lowest BCUT2D eigenvalue weighted by Gasteiger charge is -2.44. The van der Waals surface area contributed by atoms with Crippen LogP contribution in [0, 0.1) is 5.92 Å². The summed E-state index contributed by atoms with van der Waals surface area (Å²) >= 11 is 0. The zero-order valence-electron chi connectivity index (χ0n) is 10.2. The Kier molecular flexibility index (Phi) is 3.23. The van der Waals surface area contributed by atoms with Crippen LogP contribution in [0.3, 0.4) is 0 Å². The molecule has 17 heavy (non-hydrogen) atoms. The van der Waals surface area contributed by atoms with Gasteiger partial charge >= 0.3 is 5.97 Å². The Balaban J connectivity index is 2.12. The summed E-state index contributed by atoms with van der Waals surface area (Å²) in [4.78, 5) is 22.3. The number of esters is 1. The van der Waals surface area contributed by atoms with Gasteiger partial charge in [0, 0.05) is 19.8 Å².